The maximum Gasteiger partial charge on any atom is 0.214 e. The molecule has 1 heterocycles. The van der Waals surface area contributed by atoms with E-state index in [-0.39, 0.29) is 11.9 Å². The molecule has 1 aliphatic rings. The number of nitrogens with zero attached hydrogens (tertiary/aromatic N) is 1. The fraction of sp³-hybridized carbons (Fsp3) is 1.00. The van der Waals surface area contributed by atoms with Crippen molar-refractivity contribution in [3.63, 3.8) is 0 Å². The summed E-state index contributed by atoms with van der Waals surface area (Å²) in [6, 6.07) is 0. The zero-order valence-corrected chi connectivity index (χ0v) is 11.6. The topological polar surface area (TPSA) is 58.6 Å². The summed E-state index contributed by atoms with van der Waals surface area (Å²) in [5.41, 5.74) is 0. The van der Waals surface area contributed by atoms with Crippen LogP contribution in [0.3, 0.4) is 0 Å². The summed E-state index contributed by atoms with van der Waals surface area (Å²) in [4.78, 5) is 0. The van der Waals surface area contributed by atoms with Gasteiger partial charge in [0.15, 0.2) is 0 Å². The SMILES string of the molecule is CCC1CN(S(=O)(=O)CCCCNC)CCO1. The lowest BCUT2D eigenvalue weighted by atomic mass is 10.2. The maximum atomic E-state index is 12.1. The van der Waals surface area contributed by atoms with Crippen molar-refractivity contribution in [1.82, 2.24) is 9.62 Å². The maximum absolute atomic E-state index is 12.1. The zero-order chi connectivity index (χ0) is 12.7. The third kappa shape index (κ3) is 4.91. The number of morpholine rings is 1. The normalized spacial score (nSPS) is 22.8. The molecule has 1 rings (SSSR count). The van der Waals surface area contributed by atoms with Crippen LogP contribution < -0.4 is 5.32 Å². The minimum Gasteiger partial charge on any atom is -0.375 e. The predicted octanol–water partition coefficient (Wildman–Crippen LogP) is 0.427. The summed E-state index contributed by atoms with van der Waals surface area (Å²) < 4.78 is 31.2. The zero-order valence-electron chi connectivity index (χ0n) is 10.8. The van der Waals surface area contributed by atoms with E-state index < -0.39 is 10.0 Å². The van der Waals surface area contributed by atoms with Gasteiger partial charge in [0.2, 0.25) is 10.0 Å². The van der Waals surface area contributed by atoms with Crippen molar-refractivity contribution in [3.8, 4) is 0 Å². The highest BCUT2D eigenvalue weighted by molar-refractivity contribution is 7.89. The highest BCUT2D eigenvalue weighted by Gasteiger charge is 2.27. The van der Waals surface area contributed by atoms with E-state index in [0.29, 0.717) is 19.7 Å². The molecule has 1 N–H and O–H groups in total. The van der Waals surface area contributed by atoms with Gasteiger partial charge in [-0.05, 0) is 32.9 Å². The number of ether oxygens (including phenoxy) is 1. The molecule has 1 atom stereocenters. The standard InChI is InChI=1S/C11H24N2O3S/c1-3-11-10-13(7-8-16-11)17(14,15)9-5-4-6-12-2/h11-12H,3-10H2,1-2H3. The van der Waals surface area contributed by atoms with E-state index in [4.69, 9.17) is 4.74 Å². The van der Waals surface area contributed by atoms with Gasteiger partial charge in [-0.3, -0.25) is 0 Å². The smallest absolute Gasteiger partial charge is 0.214 e. The van der Waals surface area contributed by atoms with Gasteiger partial charge in [-0.15, -0.1) is 0 Å². The van der Waals surface area contributed by atoms with Crippen molar-refractivity contribution in [1.29, 1.82) is 0 Å². The van der Waals surface area contributed by atoms with E-state index >= 15 is 0 Å². The molecule has 102 valence electrons. The van der Waals surface area contributed by atoms with Crippen molar-refractivity contribution < 1.29 is 13.2 Å². The summed E-state index contributed by atoms with van der Waals surface area (Å²) in [6.07, 6.45) is 2.55. The van der Waals surface area contributed by atoms with Crippen molar-refractivity contribution in [2.45, 2.75) is 32.3 Å². The number of nitrogens with one attached hydrogen (secondary N) is 1. The summed E-state index contributed by atoms with van der Waals surface area (Å²) in [7, 11) is -1.20. The van der Waals surface area contributed by atoms with Gasteiger partial charge >= 0.3 is 0 Å². The van der Waals surface area contributed by atoms with Crippen LogP contribution in [0, 0.1) is 0 Å². The lowest BCUT2D eigenvalue weighted by Gasteiger charge is -2.31. The first kappa shape index (κ1) is 14.9. The Labute approximate surface area is 105 Å². The summed E-state index contributed by atoms with van der Waals surface area (Å²) >= 11 is 0. The molecule has 1 unspecified atom stereocenters. The van der Waals surface area contributed by atoms with E-state index in [0.717, 1.165) is 25.8 Å². The average molecular weight is 264 g/mol. The van der Waals surface area contributed by atoms with Crippen LogP contribution in [-0.2, 0) is 14.8 Å². The second kappa shape index (κ2) is 7.31. The van der Waals surface area contributed by atoms with Crippen LogP contribution >= 0.6 is 0 Å². The van der Waals surface area contributed by atoms with E-state index in [1.807, 2.05) is 14.0 Å². The summed E-state index contributed by atoms with van der Waals surface area (Å²) in [5.74, 6) is 0.255. The third-order valence-corrected chi connectivity index (χ3v) is 4.95. The highest BCUT2D eigenvalue weighted by Crippen LogP contribution is 2.13. The highest BCUT2D eigenvalue weighted by atomic mass is 32.2. The lowest BCUT2D eigenvalue weighted by Crippen LogP contribution is -2.46. The van der Waals surface area contributed by atoms with Crippen LogP contribution in [0.4, 0.5) is 0 Å². The van der Waals surface area contributed by atoms with E-state index in [2.05, 4.69) is 5.32 Å². The molecule has 1 fully saturated rings. The van der Waals surface area contributed by atoms with E-state index in [1.54, 1.807) is 4.31 Å². The molecule has 0 aromatic rings. The molecule has 6 heteroatoms. The van der Waals surface area contributed by atoms with Crippen LogP contribution in [0.2, 0.25) is 0 Å². The second-order valence-corrected chi connectivity index (χ2v) is 6.47. The second-order valence-electron chi connectivity index (χ2n) is 4.39. The molecule has 0 bridgehead atoms. The molecule has 0 aliphatic carbocycles. The first-order valence-corrected chi connectivity index (χ1v) is 7.95. The van der Waals surface area contributed by atoms with Crippen LogP contribution in [0.1, 0.15) is 26.2 Å². The van der Waals surface area contributed by atoms with Gasteiger partial charge in [0.05, 0.1) is 18.5 Å². The van der Waals surface area contributed by atoms with Gasteiger partial charge in [-0.25, -0.2) is 8.42 Å². The minimum absolute atomic E-state index is 0.0656. The fourth-order valence-corrected chi connectivity index (χ4v) is 3.48. The minimum atomic E-state index is -3.08. The number of hydrogen-bond acceptors (Lipinski definition) is 4. The third-order valence-electron chi connectivity index (χ3n) is 3.03. The van der Waals surface area contributed by atoms with Crippen molar-refractivity contribution in [2.24, 2.45) is 0 Å². The first-order chi connectivity index (χ1) is 8.10. The molecule has 5 nitrogen and oxygen atoms in total. The molecule has 1 aliphatic heterocycles. The molecule has 0 saturated carbocycles. The molecular weight excluding hydrogens is 240 g/mol. The number of rotatable bonds is 7. The summed E-state index contributed by atoms with van der Waals surface area (Å²) in [5, 5.41) is 3.02. The molecule has 0 aromatic carbocycles. The lowest BCUT2D eigenvalue weighted by molar-refractivity contribution is -0.00277. The molecule has 0 amide bonds. The Balaban J connectivity index is 2.40. The first-order valence-electron chi connectivity index (χ1n) is 6.34. The number of hydrogen-bond donors (Lipinski definition) is 1. The Hall–Kier alpha value is -0.170. The average Bonchev–Trinajstić information content (AvgIpc) is 2.35. The van der Waals surface area contributed by atoms with Crippen LogP contribution in [0.25, 0.3) is 0 Å². The predicted molar refractivity (Wildman–Crippen MR) is 68.6 cm³/mol. The Morgan fingerprint density at radius 2 is 2.18 bits per heavy atom. The monoisotopic (exact) mass is 264 g/mol. The molecule has 1 saturated heterocycles. The number of sulfonamides is 1. The van der Waals surface area contributed by atoms with Gasteiger partial charge in [-0.2, -0.15) is 4.31 Å². The molecule has 17 heavy (non-hydrogen) atoms. The molecule has 0 spiro atoms. The Kier molecular flexibility index (Phi) is 6.40. The van der Waals surface area contributed by atoms with Crippen LogP contribution in [-0.4, -0.2) is 57.9 Å². The van der Waals surface area contributed by atoms with Crippen molar-refractivity contribution >= 4 is 10.0 Å². The van der Waals surface area contributed by atoms with Gasteiger partial charge in [0.25, 0.3) is 0 Å². The Morgan fingerprint density at radius 3 is 2.82 bits per heavy atom. The molecular formula is C11H24N2O3S. The van der Waals surface area contributed by atoms with Crippen molar-refractivity contribution in [3.05, 3.63) is 0 Å². The van der Waals surface area contributed by atoms with Gasteiger partial charge in [0, 0.05) is 13.1 Å². The van der Waals surface area contributed by atoms with Crippen molar-refractivity contribution in [2.75, 3.05) is 39.0 Å². The summed E-state index contributed by atoms with van der Waals surface area (Å²) in [6.45, 7) is 4.44. The van der Waals surface area contributed by atoms with Gasteiger partial charge in [-0.1, -0.05) is 6.92 Å². The Morgan fingerprint density at radius 1 is 1.41 bits per heavy atom. The van der Waals surface area contributed by atoms with Crippen LogP contribution in [0.5, 0.6) is 0 Å². The number of unbranched alkanes of at least 4 members (excludes halogenated alkanes) is 1. The molecule has 0 radical (unpaired) electrons. The molecule has 0 aromatic heterocycles. The van der Waals surface area contributed by atoms with E-state index in [9.17, 15) is 8.42 Å². The van der Waals surface area contributed by atoms with E-state index in [1.165, 1.54) is 0 Å². The van der Waals surface area contributed by atoms with Gasteiger partial charge < -0.3 is 10.1 Å². The van der Waals surface area contributed by atoms with Crippen LogP contribution in [0.15, 0.2) is 0 Å². The fourth-order valence-electron chi connectivity index (χ4n) is 1.91. The Bertz CT molecular complexity index is 306. The largest absolute Gasteiger partial charge is 0.375 e. The quantitative estimate of drug-likeness (QED) is 0.677. The van der Waals surface area contributed by atoms with Gasteiger partial charge in [0.1, 0.15) is 0 Å².